The van der Waals surface area contributed by atoms with E-state index in [4.69, 9.17) is 4.74 Å². The van der Waals surface area contributed by atoms with E-state index in [1.165, 1.54) is 11.1 Å². The van der Waals surface area contributed by atoms with Crippen LogP contribution in [0.25, 0.3) is 0 Å². The molecule has 2 fully saturated rings. The quantitative estimate of drug-likeness (QED) is 0.810. The van der Waals surface area contributed by atoms with E-state index in [0.29, 0.717) is 18.4 Å². The SMILES string of the molecule is CCOCC(=O)N1C[C@@H]2CN(c3nccs3)C[C@@H]2[C@H]1c1ccccc1C. The lowest BCUT2D eigenvalue weighted by Crippen LogP contribution is -2.38. The first-order valence-corrected chi connectivity index (χ1v) is 10.1. The number of fused-ring (bicyclic) bond motifs is 1. The molecule has 4 rings (SSSR count). The molecular weight excluding hydrogens is 346 g/mol. The number of thiazole rings is 1. The Labute approximate surface area is 158 Å². The first kappa shape index (κ1) is 17.5. The Morgan fingerprint density at radius 3 is 2.88 bits per heavy atom. The fourth-order valence-corrected chi connectivity index (χ4v) is 5.08. The van der Waals surface area contributed by atoms with Crippen molar-refractivity contribution in [1.29, 1.82) is 0 Å². The Morgan fingerprint density at radius 1 is 1.31 bits per heavy atom. The van der Waals surface area contributed by atoms with E-state index in [1.54, 1.807) is 11.3 Å². The normalized spacial score (nSPS) is 24.9. The minimum Gasteiger partial charge on any atom is -0.372 e. The van der Waals surface area contributed by atoms with Crippen molar-refractivity contribution in [3.8, 4) is 0 Å². The number of likely N-dealkylation sites (tertiary alicyclic amines) is 1. The van der Waals surface area contributed by atoms with E-state index in [9.17, 15) is 4.79 Å². The van der Waals surface area contributed by atoms with Gasteiger partial charge in [-0.1, -0.05) is 24.3 Å². The number of ether oxygens (including phenoxy) is 1. The number of aromatic nitrogens is 1. The molecule has 138 valence electrons. The Bertz CT molecular complexity index is 764. The number of amides is 1. The van der Waals surface area contributed by atoms with Crippen LogP contribution < -0.4 is 4.90 Å². The molecule has 3 heterocycles. The highest BCUT2D eigenvalue weighted by Gasteiger charge is 2.49. The number of hydrogen-bond donors (Lipinski definition) is 0. The van der Waals surface area contributed by atoms with E-state index in [-0.39, 0.29) is 18.6 Å². The van der Waals surface area contributed by atoms with Crippen LogP contribution >= 0.6 is 11.3 Å². The van der Waals surface area contributed by atoms with E-state index in [0.717, 1.165) is 24.8 Å². The molecule has 3 atom stereocenters. The van der Waals surface area contributed by atoms with Crippen LogP contribution in [0.5, 0.6) is 0 Å². The fourth-order valence-electron chi connectivity index (χ4n) is 4.42. The molecule has 0 spiro atoms. The molecule has 6 heteroatoms. The average Bonchev–Trinajstić information content (AvgIpc) is 3.35. The van der Waals surface area contributed by atoms with Gasteiger partial charge in [0.2, 0.25) is 5.91 Å². The summed E-state index contributed by atoms with van der Waals surface area (Å²) < 4.78 is 5.41. The lowest BCUT2D eigenvalue weighted by atomic mass is 9.87. The van der Waals surface area contributed by atoms with E-state index in [2.05, 4.69) is 46.0 Å². The molecule has 0 N–H and O–H groups in total. The minimum absolute atomic E-state index is 0.107. The number of benzene rings is 1. The number of carbonyl (C=O) groups excluding carboxylic acids is 1. The zero-order valence-electron chi connectivity index (χ0n) is 15.3. The molecule has 5 nitrogen and oxygen atoms in total. The summed E-state index contributed by atoms with van der Waals surface area (Å²) in [4.78, 5) is 21.7. The number of rotatable bonds is 5. The van der Waals surface area contributed by atoms with E-state index >= 15 is 0 Å². The maximum absolute atomic E-state index is 12.8. The van der Waals surface area contributed by atoms with Gasteiger partial charge in [-0.15, -0.1) is 11.3 Å². The fraction of sp³-hybridized carbons (Fsp3) is 0.500. The predicted molar refractivity (Wildman–Crippen MR) is 103 cm³/mol. The summed E-state index contributed by atoms with van der Waals surface area (Å²) in [7, 11) is 0. The van der Waals surface area contributed by atoms with Gasteiger partial charge in [-0.3, -0.25) is 4.79 Å². The number of nitrogens with zero attached hydrogens (tertiary/aromatic N) is 3. The van der Waals surface area contributed by atoms with Crippen molar-refractivity contribution in [2.45, 2.75) is 19.9 Å². The molecule has 0 saturated carbocycles. The zero-order chi connectivity index (χ0) is 18.1. The molecule has 0 unspecified atom stereocenters. The highest BCUT2D eigenvalue weighted by Crippen LogP contribution is 2.46. The second kappa shape index (κ2) is 7.37. The standard InChI is InChI=1S/C20H25N3O2S/c1-3-25-13-18(24)23-11-15-10-22(20-21-8-9-26-20)12-17(15)19(23)16-7-5-4-6-14(16)2/h4-9,15,17,19H,3,10-13H2,1-2H3/t15-,17-,19+/m0/s1. The van der Waals surface area contributed by atoms with Crippen LogP contribution in [0.2, 0.25) is 0 Å². The van der Waals surface area contributed by atoms with Crippen molar-refractivity contribution < 1.29 is 9.53 Å². The van der Waals surface area contributed by atoms with Crippen LogP contribution in [0.3, 0.4) is 0 Å². The topological polar surface area (TPSA) is 45.7 Å². The van der Waals surface area contributed by atoms with Gasteiger partial charge in [-0.25, -0.2) is 4.98 Å². The molecule has 2 saturated heterocycles. The molecule has 2 aromatic rings. The summed E-state index contributed by atoms with van der Waals surface area (Å²) in [5.74, 6) is 1.02. The molecule has 1 aromatic heterocycles. The summed E-state index contributed by atoms with van der Waals surface area (Å²) >= 11 is 1.69. The van der Waals surface area contributed by atoms with Crippen molar-refractivity contribution in [2.75, 3.05) is 37.7 Å². The number of aryl methyl sites for hydroxylation is 1. The summed E-state index contributed by atoms with van der Waals surface area (Å²) in [6, 6.07) is 8.58. The summed E-state index contributed by atoms with van der Waals surface area (Å²) in [6.45, 7) is 7.54. The molecule has 1 aromatic carbocycles. The lowest BCUT2D eigenvalue weighted by Gasteiger charge is -2.31. The van der Waals surface area contributed by atoms with Crippen LogP contribution in [0.15, 0.2) is 35.8 Å². The molecule has 1 amide bonds. The minimum atomic E-state index is 0.107. The third-order valence-corrected chi connectivity index (χ3v) is 6.44. The summed E-state index contributed by atoms with van der Waals surface area (Å²) in [6.07, 6.45) is 1.87. The van der Waals surface area contributed by atoms with Gasteiger partial charge in [-0.2, -0.15) is 0 Å². The van der Waals surface area contributed by atoms with Crippen LogP contribution in [0, 0.1) is 18.8 Å². The Balaban J connectivity index is 1.62. The predicted octanol–water partition coefficient (Wildman–Crippen LogP) is 3.12. The Hall–Kier alpha value is -1.92. The molecule has 0 radical (unpaired) electrons. The summed E-state index contributed by atoms with van der Waals surface area (Å²) in [5.41, 5.74) is 2.52. The third kappa shape index (κ3) is 3.12. The van der Waals surface area contributed by atoms with E-state index in [1.807, 2.05) is 18.5 Å². The van der Waals surface area contributed by atoms with Crippen LogP contribution in [0.4, 0.5) is 5.13 Å². The van der Waals surface area contributed by atoms with Crippen LogP contribution in [-0.2, 0) is 9.53 Å². The van der Waals surface area contributed by atoms with Crippen molar-refractivity contribution in [3.05, 3.63) is 47.0 Å². The highest BCUT2D eigenvalue weighted by atomic mass is 32.1. The molecule has 26 heavy (non-hydrogen) atoms. The molecule has 2 aliphatic rings. The monoisotopic (exact) mass is 371 g/mol. The van der Waals surface area contributed by atoms with Crippen molar-refractivity contribution in [1.82, 2.24) is 9.88 Å². The Kier molecular flexibility index (Phi) is 4.96. The third-order valence-electron chi connectivity index (χ3n) is 5.61. The molecule has 0 aliphatic carbocycles. The number of hydrogen-bond acceptors (Lipinski definition) is 5. The van der Waals surface area contributed by atoms with Gasteiger partial charge in [0, 0.05) is 49.7 Å². The first-order chi connectivity index (χ1) is 12.7. The average molecular weight is 372 g/mol. The van der Waals surface area contributed by atoms with Gasteiger partial charge in [0.25, 0.3) is 0 Å². The summed E-state index contributed by atoms with van der Waals surface area (Å²) in [5, 5.41) is 3.12. The van der Waals surface area contributed by atoms with Gasteiger partial charge < -0.3 is 14.5 Å². The maximum atomic E-state index is 12.8. The highest BCUT2D eigenvalue weighted by molar-refractivity contribution is 7.13. The van der Waals surface area contributed by atoms with E-state index < -0.39 is 0 Å². The van der Waals surface area contributed by atoms with Gasteiger partial charge in [-0.05, 0) is 25.0 Å². The maximum Gasteiger partial charge on any atom is 0.249 e. The van der Waals surface area contributed by atoms with Crippen molar-refractivity contribution >= 4 is 22.4 Å². The molecular formula is C20H25N3O2S. The molecule has 0 bridgehead atoms. The van der Waals surface area contributed by atoms with Gasteiger partial charge in [0.1, 0.15) is 6.61 Å². The van der Waals surface area contributed by atoms with Crippen LogP contribution in [0.1, 0.15) is 24.1 Å². The smallest absolute Gasteiger partial charge is 0.249 e. The number of anilines is 1. The van der Waals surface area contributed by atoms with Crippen molar-refractivity contribution in [3.63, 3.8) is 0 Å². The number of carbonyl (C=O) groups is 1. The van der Waals surface area contributed by atoms with Gasteiger partial charge in [0.15, 0.2) is 5.13 Å². The van der Waals surface area contributed by atoms with Gasteiger partial charge in [0.05, 0.1) is 6.04 Å². The second-order valence-corrected chi connectivity index (χ2v) is 8.00. The van der Waals surface area contributed by atoms with Crippen LogP contribution in [-0.4, -0.2) is 48.6 Å². The van der Waals surface area contributed by atoms with Gasteiger partial charge >= 0.3 is 0 Å². The van der Waals surface area contributed by atoms with Crippen molar-refractivity contribution in [2.24, 2.45) is 11.8 Å². The Morgan fingerprint density at radius 2 is 2.15 bits per heavy atom. The largest absolute Gasteiger partial charge is 0.372 e. The first-order valence-electron chi connectivity index (χ1n) is 9.26. The molecule has 2 aliphatic heterocycles. The lowest BCUT2D eigenvalue weighted by molar-refractivity contribution is -0.137. The second-order valence-electron chi connectivity index (χ2n) is 7.13. The zero-order valence-corrected chi connectivity index (χ0v) is 16.1.